The van der Waals surface area contributed by atoms with Crippen LogP contribution in [0.25, 0.3) is 0 Å². The smallest absolute Gasteiger partial charge is 0.227 e. The largest absolute Gasteiger partial charge is 0.474 e. The topological polar surface area (TPSA) is 21.6 Å². The second-order valence-electron chi connectivity index (χ2n) is 3.75. The molecule has 2 nitrogen and oxygen atoms in total. The third kappa shape index (κ3) is 2.04. The maximum absolute atomic E-state index is 5.54. The molecule has 2 rings (SSSR count). The molecule has 5 heteroatoms. The van der Waals surface area contributed by atoms with Gasteiger partial charge in [0.05, 0.1) is 14.2 Å². The van der Waals surface area contributed by atoms with E-state index >= 15 is 0 Å². The maximum Gasteiger partial charge on any atom is 0.227 e. The van der Waals surface area contributed by atoms with Crippen LogP contribution in [0, 0.1) is 0 Å². The Kier molecular flexibility index (Phi) is 2.74. The molecule has 0 fully saturated rings. The Bertz CT molecular complexity index is 378. The molecule has 1 aliphatic rings. The molecule has 1 aromatic rings. The average molecular weight is 339 g/mol. The first-order valence-electron chi connectivity index (χ1n) is 4.16. The Morgan fingerprint density at radius 3 is 2.64 bits per heavy atom. The van der Waals surface area contributed by atoms with Gasteiger partial charge in [0.25, 0.3) is 0 Å². The van der Waals surface area contributed by atoms with Gasteiger partial charge in [-0.1, -0.05) is 0 Å². The van der Waals surface area contributed by atoms with Crippen molar-refractivity contribution in [2.75, 3.05) is 6.61 Å². The number of rotatable bonds is 1. The Morgan fingerprint density at radius 2 is 2.21 bits per heavy atom. The van der Waals surface area contributed by atoms with Gasteiger partial charge < -0.3 is 4.74 Å². The van der Waals surface area contributed by atoms with Crippen molar-refractivity contribution in [2.45, 2.75) is 19.4 Å². The minimum Gasteiger partial charge on any atom is -0.474 e. The van der Waals surface area contributed by atoms with Gasteiger partial charge in [-0.15, -0.1) is 11.3 Å². The highest BCUT2D eigenvalue weighted by Crippen LogP contribution is 2.34. The van der Waals surface area contributed by atoms with Crippen molar-refractivity contribution < 1.29 is 4.74 Å². The number of ether oxygens (including phenoxy) is 1. The Labute approximate surface area is 104 Å². The van der Waals surface area contributed by atoms with E-state index in [2.05, 4.69) is 50.7 Å². The molecule has 0 atom stereocenters. The van der Waals surface area contributed by atoms with Crippen LogP contribution in [-0.4, -0.2) is 18.0 Å². The van der Waals surface area contributed by atoms with Crippen LogP contribution in [0.4, 0.5) is 0 Å². The molecule has 0 spiro atoms. The fraction of sp³-hybridized carbons (Fsp3) is 0.444. The molecule has 0 saturated heterocycles. The minimum absolute atomic E-state index is 0.0850. The molecule has 76 valence electrons. The SMILES string of the molecule is CC1(C)COC(c2cc(Br)c(Br)s2)=N1. The van der Waals surface area contributed by atoms with Crippen molar-refractivity contribution in [2.24, 2.45) is 4.99 Å². The van der Waals surface area contributed by atoms with Crippen LogP contribution in [0.1, 0.15) is 18.7 Å². The Morgan fingerprint density at radius 1 is 1.50 bits per heavy atom. The molecule has 0 aromatic carbocycles. The number of halogens is 2. The molecule has 0 radical (unpaired) electrons. The van der Waals surface area contributed by atoms with Gasteiger partial charge in [0.15, 0.2) is 0 Å². The van der Waals surface area contributed by atoms with E-state index in [4.69, 9.17) is 4.74 Å². The lowest BCUT2D eigenvalue weighted by Crippen LogP contribution is -2.17. The highest BCUT2D eigenvalue weighted by molar-refractivity contribution is 9.13. The summed E-state index contributed by atoms with van der Waals surface area (Å²) in [5.74, 6) is 0.756. The minimum atomic E-state index is -0.0850. The second-order valence-corrected chi connectivity index (χ2v) is 6.97. The zero-order valence-corrected chi connectivity index (χ0v) is 11.8. The number of aliphatic imine (C=N–C) groups is 1. The third-order valence-electron chi connectivity index (χ3n) is 1.82. The zero-order valence-electron chi connectivity index (χ0n) is 7.80. The molecule has 2 heterocycles. The normalized spacial score (nSPS) is 19.3. The number of thiophene rings is 1. The van der Waals surface area contributed by atoms with Crippen molar-refractivity contribution >= 4 is 49.1 Å². The third-order valence-corrected chi connectivity index (χ3v) is 5.07. The monoisotopic (exact) mass is 337 g/mol. The highest BCUT2D eigenvalue weighted by Gasteiger charge is 2.28. The summed E-state index contributed by atoms with van der Waals surface area (Å²) in [6.45, 7) is 4.80. The molecule has 14 heavy (non-hydrogen) atoms. The van der Waals surface area contributed by atoms with E-state index in [1.54, 1.807) is 11.3 Å². The molecule has 0 saturated carbocycles. The lowest BCUT2D eigenvalue weighted by molar-refractivity contribution is 0.280. The van der Waals surface area contributed by atoms with Gasteiger partial charge in [0.2, 0.25) is 5.90 Å². The van der Waals surface area contributed by atoms with Gasteiger partial charge >= 0.3 is 0 Å². The van der Waals surface area contributed by atoms with Crippen LogP contribution in [0.3, 0.4) is 0 Å². The average Bonchev–Trinajstić information content (AvgIpc) is 2.57. The molecule has 0 unspecified atom stereocenters. The number of hydrogen-bond acceptors (Lipinski definition) is 3. The fourth-order valence-electron chi connectivity index (χ4n) is 1.16. The van der Waals surface area contributed by atoms with Gasteiger partial charge in [-0.05, 0) is 51.8 Å². The second kappa shape index (κ2) is 3.61. The summed E-state index contributed by atoms with van der Waals surface area (Å²) in [6.07, 6.45) is 0. The Balaban J connectivity index is 2.33. The van der Waals surface area contributed by atoms with Gasteiger partial charge in [-0.3, -0.25) is 0 Å². The van der Waals surface area contributed by atoms with E-state index in [-0.39, 0.29) is 5.54 Å². The summed E-state index contributed by atoms with van der Waals surface area (Å²) in [6, 6.07) is 2.02. The van der Waals surface area contributed by atoms with Crippen molar-refractivity contribution in [1.82, 2.24) is 0 Å². The first-order valence-corrected chi connectivity index (χ1v) is 6.56. The maximum atomic E-state index is 5.54. The highest BCUT2D eigenvalue weighted by atomic mass is 79.9. The quantitative estimate of drug-likeness (QED) is 0.762. The van der Waals surface area contributed by atoms with E-state index in [1.165, 1.54) is 0 Å². The molecular weight excluding hydrogens is 330 g/mol. The summed E-state index contributed by atoms with van der Waals surface area (Å²) in [4.78, 5) is 5.57. The van der Waals surface area contributed by atoms with Crippen molar-refractivity contribution in [1.29, 1.82) is 0 Å². The van der Waals surface area contributed by atoms with Gasteiger partial charge in [-0.25, -0.2) is 4.99 Å². The van der Waals surface area contributed by atoms with E-state index in [0.717, 1.165) is 19.0 Å². The van der Waals surface area contributed by atoms with Crippen LogP contribution < -0.4 is 0 Å². The number of hydrogen-bond donors (Lipinski definition) is 0. The summed E-state index contributed by atoms with van der Waals surface area (Å²) < 4.78 is 7.66. The molecule has 0 aliphatic carbocycles. The molecule has 0 bridgehead atoms. The van der Waals surface area contributed by atoms with Crippen LogP contribution in [0.15, 0.2) is 19.3 Å². The molecular formula is C9H9Br2NOS. The van der Waals surface area contributed by atoms with Crippen LogP contribution >= 0.6 is 43.2 Å². The van der Waals surface area contributed by atoms with E-state index < -0.39 is 0 Å². The number of nitrogens with zero attached hydrogens (tertiary/aromatic N) is 1. The standard InChI is InChI=1S/C9H9Br2NOS/c1-9(2)4-13-8(12-9)6-3-5(10)7(11)14-6/h3H,4H2,1-2H3. The van der Waals surface area contributed by atoms with Crippen LogP contribution in [-0.2, 0) is 4.74 Å². The van der Waals surface area contributed by atoms with Crippen molar-refractivity contribution in [3.05, 3.63) is 19.2 Å². The van der Waals surface area contributed by atoms with Gasteiger partial charge in [0.1, 0.15) is 6.61 Å². The first-order chi connectivity index (χ1) is 6.48. The van der Waals surface area contributed by atoms with Crippen LogP contribution in [0.2, 0.25) is 0 Å². The summed E-state index contributed by atoms with van der Waals surface area (Å²) in [7, 11) is 0. The van der Waals surface area contributed by atoms with E-state index in [9.17, 15) is 0 Å². The summed E-state index contributed by atoms with van der Waals surface area (Å²) >= 11 is 8.52. The predicted molar refractivity (Wildman–Crippen MR) is 66.3 cm³/mol. The van der Waals surface area contributed by atoms with Crippen LogP contribution in [0.5, 0.6) is 0 Å². The van der Waals surface area contributed by atoms with Crippen molar-refractivity contribution in [3.8, 4) is 0 Å². The lowest BCUT2D eigenvalue weighted by atomic mass is 10.1. The summed E-state index contributed by atoms with van der Waals surface area (Å²) in [5.41, 5.74) is -0.0850. The molecule has 1 aliphatic heterocycles. The van der Waals surface area contributed by atoms with Crippen molar-refractivity contribution in [3.63, 3.8) is 0 Å². The lowest BCUT2D eigenvalue weighted by Gasteiger charge is -2.07. The first kappa shape index (κ1) is 10.6. The zero-order chi connectivity index (χ0) is 10.3. The molecule has 0 amide bonds. The van der Waals surface area contributed by atoms with E-state index in [0.29, 0.717) is 6.61 Å². The Hall–Kier alpha value is 0.130. The molecule has 1 aromatic heterocycles. The fourth-order valence-corrected chi connectivity index (χ4v) is 3.14. The molecule has 0 N–H and O–H groups in total. The van der Waals surface area contributed by atoms with E-state index in [1.807, 2.05) is 6.07 Å². The van der Waals surface area contributed by atoms with Gasteiger partial charge in [0, 0.05) is 4.47 Å². The van der Waals surface area contributed by atoms with Gasteiger partial charge in [-0.2, -0.15) is 0 Å². The predicted octanol–water partition coefficient (Wildman–Crippen LogP) is 3.83. The summed E-state index contributed by atoms with van der Waals surface area (Å²) in [5, 5.41) is 0.